The fraction of sp³-hybridized carbons (Fsp3) is 0.533. The summed E-state index contributed by atoms with van der Waals surface area (Å²) < 4.78 is 5.56. The first kappa shape index (κ1) is 16.8. The number of carbonyl (C=O) groups is 1. The average Bonchev–Trinajstić information content (AvgIpc) is 2.46. The third-order valence-electron chi connectivity index (χ3n) is 3.15. The number of benzene rings is 1. The SMILES string of the molecule is CCC(C)NCC(=O)N(C)CCOc1ccc(Cl)cc1. The van der Waals surface area contributed by atoms with Crippen molar-refractivity contribution in [3.63, 3.8) is 0 Å². The Kier molecular flexibility index (Phi) is 7.41. The topological polar surface area (TPSA) is 41.6 Å². The number of ether oxygens (including phenoxy) is 1. The molecule has 20 heavy (non-hydrogen) atoms. The highest BCUT2D eigenvalue weighted by atomic mass is 35.5. The minimum Gasteiger partial charge on any atom is -0.492 e. The zero-order chi connectivity index (χ0) is 15.0. The maximum absolute atomic E-state index is 11.8. The van der Waals surface area contributed by atoms with E-state index < -0.39 is 0 Å². The van der Waals surface area contributed by atoms with Gasteiger partial charge in [-0.3, -0.25) is 4.79 Å². The summed E-state index contributed by atoms with van der Waals surface area (Å²) in [7, 11) is 1.78. The molecule has 4 nitrogen and oxygen atoms in total. The van der Waals surface area contributed by atoms with Crippen LogP contribution in [0.4, 0.5) is 0 Å². The number of hydrogen-bond acceptors (Lipinski definition) is 3. The van der Waals surface area contributed by atoms with Gasteiger partial charge in [0.2, 0.25) is 5.91 Å². The molecule has 1 aromatic carbocycles. The van der Waals surface area contributed by atoms with E-state index in [4.69, 9.17) is 16.3 Å². The predicted molar refractivity (Wildman–Crippen MR) is 82.3 cm³/mol. The second kappa shape index (κ2) is 8.82. The summed E-state index contributed by atoms with van der Waals surface area (Å²) in [4.78, 5) is 13.5. The van der Waals surface area contributed by atoms with Crippen molar-refractivity contribution < 1.29 is 9.53 Å². The molecule has 0 aliphatic rings. The monoisotopic (exact) mass is 298 g/mol. The summed E-state index contributed by atoms with van der Waals surface area (Å²) in [5.41, 5.74) is 0. The number of rotatable bonds is 8. The van der Waals surface area contributed by atoms with E-state index in [2.05, 4.69) is 19.2 Å². The molecule has 5 heteroatoms. The lowest BCUT2D eigenvalue weighted by molar-refractivity contribution is -0.129. The lowest BCUT2D eigenvalue weighted by Gasteiger charge is -2.19. The Hall–Kier alpha value is -1.26. The van der Waals surface area contributed by atoms with E-state index in [-0.39, 0.29) is 5.91 Å². The maximum atomic E-state index is 11.8. The van der Waals surface area contributed by atoms with Crippen molar-refractivity contribution in [1.29, 1.82) is 0 Å². The zero-order valence-corrected chi connectivity index (χ0v) is 13.1. The number of halogens is 1. The van der Waals surface area contributed by atoms with Gasteiger partial charge in [0.25, 0.3) is 0 Å². The third kappa shape index (κ3) is 6.26. The lowest BCUT2D eigenvalue weighted by atomic mass is 10.2. The molecule has 0 bridgehead atoms. The molecule has 0 aliphatic heterocycles. The number of hydrogen-bond donors (Lipinski definition) is 1. The highest BCUT2D eigenvalue weighted by Gasteiger charge is 2.09. The molecule has 1 unspecified atom stereocenters. The molecule has 0 saturated carbocycles. The number of nitrogens with one attached hydrogen (secondary N) is 1. The second-order valence-electron chi connectivity index (χ2n) is 4.81. The quantitative estimate of drug-likeness (QED) is 0.802. The molecule has 1 aromatic rings. The van der Waals surface area contributed by atoms with Gasteiger partial charge < -0.3 is 15.0 Å². The van der Waals surface area contributed by atoms with Gasteiger partial charge in [0.1, 0.15) is 12.4 Å². The molecule has 0 radical (unpaired) electrons. The molecule has 112 valence electrons. The third-order valence-corrected chi connectivity index (χ3v) is 3.40. The Labute approximate surface area is 126 Å². The molecule has 0 fully saturated rings. The molecular weight excluding hydrogens is 276 g/mol. The standard InChI is InChI=1S/C15H23ClN2O2/c1-4-12(2)17-11-15(19)18(3)9-10-20-14-7-5-13(16)6-8-14/h5-8,12,17H,4,9-11H2,1-3H3. The summed E-state index contributed by atoms with van der Waals surface area (Å²) in [5.74, 6) is 0.831. The van der Waals surface area contributed by atoms with Crippen molar-refractivity contribution in [3.8, 4) is 5.75 Å². The van der Waals surface area contributed by atoms with Crippen molar-refractivity contribution in [3.05, 3.63) is 29.3 Å². The number of amides is 1. The Morgan fingerprint density at radius 1 is 1.40 bits per heavy atom. The average molecular weight is 299 g/mol. The van der Waals surface area contributed by atoms with Crippen LogP contribution in [0.1, 0.15) is 20.3 Å². The van der Waals surface area contributed by atoms with Crippen LogP contribution in [0, 0.1) is 0 Å². The smallest absolute Gasteiger partial charge is 0.236 e. The van der Waals surface area contributed by atoms with Crippen LogP contribution in [0.2, 0.25) is 5.02 Å². The molecule has 0 heterocycles. The van der Waals surface area contributed by atoms with Crippen molar-refractivity contribution in [2.24, 2.45) is 0 Å². The van der Waals surface area contributed by atoms with Crippen molar-refractivity contribution in [1.82, 2.24) is 10.2 Å². The molecule has 0 aromatic heterocycles. The molecule has 0 saturated heterocycles. The minimum absolute atomic E-state index is 0.0741. The van der Waals surface area contributed by atoms with Gasteiger partial charge in [0, 0.05) is 18.1 Å². The molecule has 1 N–H and O–H groups in total. The molecule has 1 amide bonds. The summed E-state index contributed by atoms with van der Waals surface area (Å²) in [6.07, 6.45) is 1.01. The highest BCUT2D eigenvalue weighted by molar-refractivity contribution is 6.30. The first-order valence-electron chi connectivity index (χ1n) is 6.88. The molecule has 1 rings (SSSR count). The van der Waals surface area contributed by atoms with E-state index in [9.17, 15) is 4.79 Å². The Morgan fingerprint density at radius 2 is 2.05 bits per heavy atom. The van der Waals surface area contributed by atoms with Gasteiger partial charge in [-0.25, -0.2) is 0 Å². The van der Waals surface area contributed by atoms with Crippen LogP contribution in [-0.2, 0) is 4.79 Å². The largest absolute Gasteiger partial charge is 0.492 e. The molecule has 1 atom stereocenters. The number of likely N-dealkylation sites (N-methyl/N-ethyl adjacent to an activating group) is 1. The normalized spacial score (nSPS) is 12.0. The van der Waals surface area contributed by atoms with Crippen LogP contribution in [0.15, 0.2) is 24.3 Å². The van der Waals surface area contributed by atoms with Gasteiger partial charge in [-0.2, -0.15) is 0 Å². The van der Waals surface area contributed by atoms with Crippen molar-refractivity contribution in [2.75, 3.05) is 26.7 Å². The summed E-state index contributed by atoms with van der Waals surface area (Å²) in [6, 6.07) is 7.55. The van der Waals surface area contributed by atoms with E-state index in [1.54, 1.807) is 24.1 Å². The number of carbonyl (C=O) groups excluding carboxylic acids is 1. The second-order valence-corrected chi connectivity index (χ2v) is 5.24. The fourth-order valence-electron chi connectivity index (χ4n) is 1.50. The fourth-order valence-corrected chi connectivity index (χ4v) is 1.62. The van der Waals surface area contributed by atoms with Crippen molar-refractivity contribution >= 4 is 17.5 Å². The zero-order valence-electron chi connectivity index (χ0n) is 12.4. The Bertz CT molecular complexity index is 409. The maximum Gasteiger partial charge on any atom is 0.236 e. The summed E-state index contributed by atoms with van der Waals surface area (Å²) in [5, 5.41) is 3.86. The van der Waals surface area contributed by atoms with E-state index in [0.717, 1.165) is 12.2 Å². The van der Waals surface area contributed by atoms with Crippen LogP contribution in [0.3, 0.4) is 0 Å². The van der Waals surface area contributed by atoms with E-state index in [0.29, 0.717) is 30.8 Å². The van der Waals surface area contributed by atoms with Gasteiger partial charge in [-0.1, -0.05) is 18.5 Å². The van der Waals surface area contributed by atoms with Crippen LogP contribution < -0.4 is 10.1 Å². The minimum atomic E-state index is 0.0741. The van der Waals surface area contributed by atoms with Crippen LogP contribution >= 0.6 is 11.6 Å². The van der Waals surface area contributed by atoms with Crippen LogP contribution in [0.25, 0.3) is 0 Å². The summed E-state index contributed by atoms with van der Waals surface area (Å²) >= 11 is 5.79. The van der Waals surface area contributed by atoms with E-state index >= 15 is 0 Å². The van der Waals surface area contributed by atoms with Gasteiger partial charge in [-0.05, 0) is 37.6 Å². The number of nitrogens with zero attached hydrogens (tertiary/aromatic N) is 1. The van der Waals surface area contributed by atoms with Crippen molar-refractivity contribution in [2.45, 2.75) is 26.3 Å². The van der Waals surface area contributed by atoms with Gasteiger partial charge in [0.15, 0.2) is 0 Å². The Balaban J connectivity index is 2.23. The molecular formula is C15H23ClN2O2. The van der Waals surface area contributed by atoms with Gasteiger partial charge in [-0.15, -0.1) is 0 Å². The summed E-state index contributed by atoms with van der Waals surface area (Å²) in [6.45, 7) is 5.55. The Morgan fingerprint density at radius 3 is 2.65 bits per heavy atom. The highest BCUT2D eigenvalue weighted by Crippen LogP contribution is 2.15. The molecule has 0 aliphatic carbocycles. The lowest BCUT2D eigenvalue weighted by Crippen LogP contribution is -2.40. The van der Waals surface area contributed by atoms with E-state index in [1.807, 2.05) is 12.1 Å². The van der Waals surface area contributed by atoms with Gasteiger partial charge in [0.05, 0.1) is 13.1 Å². The van der Waals surface area contributed by atoms with Crippen LogP contribution in [0.5, 0.6) is 5.75 Å². The first-order chi connectivity index (χ1) is 9.52. The first-order valence-corrected chi connectivity index (χ1v) is 7.26. The van der Waals surface area contributed by atoms with Crippen LogP contribution in [-0.4, -0.2) is 43.6 Å². The molecule has 0 spiro atoms. The van der Waals surface area contributed by atoms with E-state index in [1.165, 1.54) is 0 Å². The van der Waals surface area contributed by atoms with Gasteiger partial charge >= 0.3 is 0 Å². The predicted octanol–water partition coefficient (Wildman–Crippen LogP) is 2.57.